The van der Waals surface area contributed by atoms with E-state index in [0.29, 0.717) is 6.61 Å². The van der Waals surface area contributed by atoms with Gasteiger partial charge in [0, 0.05) is 13.3 Å². The van der Waals surface area contributed by atoms with Gasteiger partial charge in [0.15, 0.2) is 6.10 Å². The van der Waals surface area contributed by atoms with Crippen LogP contribution in [0.4, 0.5) is 0 Å². The second-order valence-corrected chi connectivity index (χ2v) is 8.14. The van der Waals surface area contributed by atoms with E-state index in [4.69, 9.17) is 59.2 Å². The highest BCUT2D eigenvalue weighted by Crippen LogP contribution is 2.32. The highest BCUT2D eigenvalue weighted by Gasteiger charge is 2.42. The summed E-state index contributed by atoms with van der Waals surface area (Å²) in [6.07, 6.45) is -2.30. The van der Waals surface area contributed by atoms with Crippen LogP contribution < -0.4 is 0 Å². The standard InChI is InChI=1S/C17H20Cl3NO5/c1-10-15(25-11(2)22)13(23-9-12-6-4-3-5-7-12)8-14(24-10)26-16(21)17(18,19)20/h3-7,10,13-15,21H,8-9H2,1-2H3/t10-,13-,14?,15-/m1/s1. The molecule has 1 aliphatic heterocycles. The molecule has 9 heteroatoms. The van der Waals surface area contributed by atoms with Crippen LogP contribution in [0.3, 0.4) is 0 Å². The molecule has 0 aromatic heterocycles. The number of halogens is 3. The third kappa shape index (κ3) is 6.28. The van der Waals surface area contributed by atoms with Gasteiger partial charge in [0.25, 0.3) is 3.79 Å². The van der Waals surface area contributed by atoms with Crippen molar-refractivity contribution in [2.45, 2.75) is 55.3 Å². The first-order chi connectivity index (χ1) is 12.2. The second kappa shape index (κ2) is 9.24. The van der Waals surface area contributed by atoms with Gasteiger partial charge in [-0.3, -0.25) is 10.2 Å². The van der Waals surface area contributed by atoms with Gasteiger partial charge in [0.05, 0.1) is 12.7 Å². The molecule has 2 rings (SSSR count). The quantitative estimate of drug-likeness (QED) is 0.334. The van der Waals surface area contributed by atoms with E-state index < -0.39 is 40.3 Å². The second-order valence-electron chi connectivity index (χ2n) is 5.86. The minimum atomic E-state index is -1.99. The lowest BCUT2D eigenvalue weighted by Crippen LogP contribution is -2.51. The Kier molecular flexibility index (Phi) is 7.55. The summed E-state index contributed by atoms with van der Waals surface area (Å²) in [5.74, 6) is -0.986. The molecule has 0 amide bonds. The molecular weight excluding hydrogens is 405 g/mol. The van der Waals surface area contributed by atoms with Crippen LogP contribution >= 0.6 is 34.8 Å². The maximum Gasteiger partial charge on any atom is 0.303 e. The van der Waals surface area contributed by atoms with E-state index in [1.807, 2.05) is 30.3 Å². The molecule has 1 N–H and O–H groups in total. The lowest BCUT2D eigenvalue weighted by Gasteiger charge is -2.39. The maximum absolute atomic E-state index is 11.4. The van der Waals surface area contributed by atoms with E-state index >= 15 is 0 Å². The van der Waals surface area contributed by atoms with Gasteiger partial charge in [-0.15, -0.1) is 0 Å². The van der Waals surface area contributed by atoms with Crippen LogP contribution in [-0.2, 0) is 30.3 Å². The third-order valence-electron chi connectivity index (χ3n) is 3.74. The minimum Gasteiger partial charge on any atom is -0.457 e. The van der Waals surface area contributed by atoms with Crippen LogP contribution in [0.2, 0.25) is 0 Å². The van der Waals surface area contributed by atoms with Crippen LogP contribution in [0.25, 0.3) is 0 Å². The Morgan fingerprint density at radius 1 is 1.27 bits per heavy atom. The van der Waals surface area contributed by atoms with Crippen molar-refractivity contribution in [3.05, 3.63) is 35.9 Å². The Bertz CT molecular complexity index is 623. The fraction of sp³-hybridized carbons (Fsp3) is 0.529. The Morgan fingerprint density at radius 2 is 1.92 bits per heavy atom. The molecule has 0 saturated carbocycles. The van der Waals surface area contributed by atoms with E-state index in [0.717, 1.165) is 5.56 Å². The highest BCUT2D eigenvalue weighted by molar-refractivity contribution is 6.76. The number of hydrogen-bond donors (Lipinski definition) is 1. The third-order valence-corrected chi connectivity index (χ3v) is 4.25. The van der Waals surface area contributed by atoms with E-state index in [-0.39, 0.29) is 6.42 Å². The van der Waals surface area contributed by atoms with Gasteiger partial charge in [0.1, 0.15) is 6.10 Å². The Balaban J connectivity index is 2.06. The highest BCUT2D eigenvalue weighted by atomic mass is 35.6. The normalized spacial score (nSPS) is 26.2. The molecule has 1 fully saturated rings. The summed E-state index contributed by atoms with van der Waals surface area (Å²) in [5.41, 5.74) is 0.972. The van der Waals surface area contributed by atoms with Crippen molar-refractivity contribution in [2.24, 2.45) is 0 Å². The molecule has 1 aromatic rings. The van der Waals surface area contributed by atoms with Gasteiger partial charge >= 0.3 is 5.97 Å². The summed E-state index contributed by atoms with van der Waals surface area (Å²) in [6.45, 7) is 3.37. The van der Waals surface area contributed by atoms with Crippen molar-refractivity contribution in [1.82, 2.24) is 0 Å². The number of rotatable bonds is 5. The van der Waals surface area contributed by atoms with Gasteiger partial charge in [0.2, 0.25) is 12.2 Å². The molecule has 1 saturated heterocycles. The zero-order valence-corrected chi connectivity index (χ0v) is 16.6. The molecule has 1 aliphatic rings. The monoisotopic (exact) mass is 423 g/mol. The summed E-state index contributed by atoms with van der Waals surface area (Å²) >= 11 is 16.9. The first-order valence-electron chi connectivity index (χ1n) is 7.97. The number of benzene rings is 1. The van der Waals surface area contributed by atoms with Gasteiger partial charge in [-0.1, -0.05) is 65.1 Å². The molecule has 26 heavy (non-hydrogen) atoms. The predicted octanol–water partition coefficient (Wildman–Crippen LogP) is 4.00. The van der Waals surface area contributed by atoms with Gasteiger partial charge in [-0.25, -0.2) is 0 Å². The van der Waals surface area contributed by atoms with E-state index in [2.05, 4.69) is 0 Å². The zero-order valence-electron chi connectivity index (χ0n) is 14.3. The molecule has 4 atom stereocenters. The first kappa shape index (κ1) is 21.3. The molecule has 144 valence electrons. The maximum atomic E-state index is 11.4. The molecule has 0 aliphatic carbocycles. The molecule has 0 bridgehead atoms. The number of nitrogens with one attached hydrogen (secondary N) is 1. The fourth-order valence-electron chi connectivity index (χ4n) is 2.58. The van der Waals surface area contributed by atoms with Crippen molar-refractivity contribution in [3.8, 4) is 0 Å². The largest absolute Gasteiger partial charge is 0.457 e. The Hall–Kier alpha value is -1.05. The summed E-state index contributed by atoms with van der Waals surface area (Å²) in [4.78, 5) is 11.4. The minimum absolute atomic E-state index is 0.207. The van der Waals surface area contributed by atoms with E-state index in [1.165, 1.54) is 6.92 Å². The summed E-state index contributed by atoms with van der Waals surface area (Å²) in [7, 11) is 0. The average Bonchev–Trinajstić information content (AvgIpc) is 2.55. The van der Waals surface area contributed by atoms with Crippen molar-refractivity contribution >= 4 is 46.7 Å². The van der Waals surface area contributed by atoms with E-state index in [1.54, 1.807) is 6.92 Å². The molecule has 0 spiro atoms. The number of hydrogen-bond acceptors (Lipinski definition) is 6. The van der Waals surface area contributed by atoms with Crippen LogP contribution in [0.5, 0.6) is 0 Å². The average molecular weight is 425 g/mol. The van der Waals surface area contributed by atoms with Crippen LogP contribution in [-0.4, -0.2) is 40.3 Å². The van der Waals surface area contributed by atoms with E-state index in [9.17, 15) is 4.79 Å². The van der Waals surface area contributed by atoms with Crippen LogP contribution in [0, 0.1) is 5.41 Å². The summed E-state index contributed by atoms with van der Waals surface area (Å²) in [5, 5.41) is 7.68. The predicted molar refractivity (Wildman–Crippen MR) is 98.6 cm³/mol. The number of ether oxygens (including phenoxy) is 4. The zero-order chi connectivity index (χ0) is 19.3. The number of esters is 1. The number of carbonyl (C=O) groups excluding carboxylic acids is 1. The lowest BCUT2D eigenvalue weighted by molar-refractivity contribution is -0.241. The number of carbonyl (C=O) groups is 1. The molecule has 1 heterocycles. The van der Waals surface area contributed by atoms with Crippen molar-refractivity contribution in [2.75, 3.05) is 0 Å². The van der Waals surface area contributed by atoms with Gasteiger partial charge in [-0.05, 0) is 12.5 Å². The van der Waals surface area contributed by atoms with Crippen molar-refractivity contribution in [3.63, 3.8) is 0 Å². The van der Waals surface area contributed by atoms with Crippen molar-refractivity contribution in [1.29, 1.82) is 5.41 Å². The fourth-order valence-corrected chi connectivity index (χ4v) is 2.71. The summed E-state index contributed by atoms with van der Waals surface area (Å²) < 4.78 is 20.3. The SMILES string of the molecule is CC(=O)O[C@@H]1[C@@H](C)OC(OC(=N)C(Cl)(Cl)Cl)C[C@H]1OCc1ccccc1. The smallest absolute Gasteiger partial charge is 0.303 e. The topological polar surface area (TPSA) is 77.8 Å². The molecule has 1 unspecified atom stereocenters. The summed E-state index contributed by atoms with van der Waals surface area (Å²) in [6, 6.07) is 9.58. The molecule has 0 radical (unpaired) electrons. The van der Waals surface area contributed by atoms with Crippen LogP contribution in [0.15, 0.2) is 30.3 Å². The molecule has 1 aromatic carbocycles. The Morgan fingerprint density at radius 3 is 2.50 bits per heavy atom. The Labute approximate surface area is 167 Å². The van der Waals surface area contributed by atoms with Gasteiger partial charge in [-0.2, -0.15) is 0 Å². The van der Waals surface area contributed by atoms with Crippen molar-refractivity contribution < 1.29 is 23.7 Å². The lowest BCUT2D eigenvalue weighted by atomic mass is 10.0. The number of alkyl halides is 3. The van der Waals surface area contributed by atoms with Gasteiger partial charge < -0.3 is 18.9 Å². The molecular formula is C17H20Cl3NO5. The van der Waals surface area contributed by atoms with Crippen LogP contribution in [0.1, 0.15) is 25.8 Å². The first-order valence-corrected chi connectivity index (χ1v) is 9.11. The molecule has 6 nitrogen and oxygen atoms in total.